The molecule has 0 spiro atoms. The van der Waals surface area contributed by atoms with E-state index in [4.69, 9.17) is 17.3 Å². The van der Waals surface area contributed by atoms with Gasteiger partial charge in [0.15, 0.2) is 0 Å². The number of carbonyl (C=O) groups is 1. The van der Waals surface area contributed by atoms with Crippen LogP contribution in [-0.4, -0.2) is 47.9 Å². The van der Waals surface area contributed by atoms with E-state index in [1.807, 2.05) is 23.1 Å². The Labute approximate surface area is 150 Å². The number of rotatable bonds is 5. The average Bonchev–Trinajstić information content (AvgIpc) is 2.54. The zero-order chi connectivity index (χ0) is 16.1. The van der Waals surface area contributed by atoms with Gasteiger partial charge in [-0.05, 0) is 25.0 Å². The molecule has 0 aliphatic carbocycles. The molecule has 2 rings (SSSR count). The van der Waals surface area contributed by atoms with Gasteiger partial charge < -0.3 is 10.6 Å². The minimum Gasteiger partial charge on any atom is -0.339 e. The van der Waals surface area contributed by atoms with Crippen molar-refractivity contribution in [2.75, 3.05) is 26.2 Å². The van der Waals surface area contributed by atoms with Gasteiger partial charge in [0.1, 0.15) is 0 Å². The molecule has 6 heteroatoms. The number of piperazine rings is 1. The van der Waals surface area contributed by atoms with Crippen LogP contribution in [0.15, 0.2) is 24.3 Å². The Morgan fingerprint density at radius 3 is 2.43 bits per heavy atom. The second-order valence-electron chi connectivity index (χ2n) is 5.95. The Bertz CT molecular complexity index is 504. The van der Waals surface area contributed by atoms with Crippen molar-refractivity contribution in [2.45, 2.75) is 38.8 Å². The Kier molecular flexibility index (Phi) is 8.34. The van der Waals surface area contributed by atoms with Gasteiger partial charge in [-0.15, -0.1) is 12.4 Å². The number of nitrogens with two attached hydrogens (primary N) is 1. The smallest absolute Gasteiger partial charge is 0.239 e. The third-order valence-electron chi connectivity index (χ3n) is 4.45. The zero-order valence-corrected chi connectivity index (χ0v) is 15.4. The van der Waals surface area contributed by atoms with Gasteiger partial charge in [-0.1, -0.05) is 43.1 Å². The lowest BCUT2D eigenvalue weighted by atomic mass is 10.1. The molecule has 1 saturated heterocycles. The van der Waals surface area contributed by atoms with E-state index in [1.54, 1.807) is 0 Å². The molecule has 1 aromatic carbocycles. The highest BCUT2D eigenvalue weighted by Crippen LogP contribution is 2.27. The first-order valence-electron chi connectivity index (χ1n) is 8.07. The first kappa shape index (κ1) is 20.2. The molecule has 1 amide bonds. The van der Waals surface area contributed by atoms with Crippen molar-refractivity contribution in [3.8, 4) is 0 Å². The molecule has 2 atom stereocenters. The fourth-order valence-corrected chi connectivity index (χ4v) is 3.30. The topological polar surface area (TPSA) is 49.6 Å². The fourth-order valence-electron chi connectivity index (χ4n) is 3.01. The van der Waals surface area contributed by atoms with Crippen LogP contribution in [0.25, 0.3) is 0 Å². The molecule has 4 nitrogen and oxygen atoms in total. The molecular formula is C17H27Cl2N3O. The van der Waals surface area contributed by atoms with Crippen molar-refractivity contribution in [2.24, 2.45) is 5.73 Å². The van der Waals surface area contributed by atoms with Crippen molar-refractivity contribution in [3.05, 3.63) is 34.9 Å². The summed E-state index contributed by atoms with van der Waals surface area (Å²) >= 11 is 6.29. The summed E-state index contributed by atoms with van der Waals surface area (Å²) in [6.45, 7) is 7.42. The van der Waals surface area contributed by atoms with Gasteiger partial charge in [0.05, 0.1) is 6.04 Å². The highest BCUT2D eigenvalue weighted by molar-refractivity contribution is 6.31. The molecular weight excluding hydrogens is 333 g/mol. The lowest BCUT2D eigenvalue weighted by molar-refractivity contribution is -0.134. The summed E-state index contributed by atoms with van der Waals surface area (Å²) < 4.78 is 0. The van der Waals surface area contributed by atoms with Crippen molar-refractivity contribution < 1.29 is 4.79 Å². The van der Waals surface area contributed by atoms with Crippen LogP contribution in [0, 0.1) is 0 Å². The van der Waals surface area contributed by atoms with E-state index in [-0.39, 0.29) is 30.4 Å². The number of hydrogen-bond donors (Lipinski definition) is 1. The van der Waals surface area contributed by atoms with Crippen LogP contribution in [0.2, 0.25) is 5.02 Å². The van der Waals surface area contributed by atoms with Crippen LogP contribution < -0.4 is 5.73 Å². The number of benzene rings is 1. The van der Waals surface area contributed by atoms with E-state index in [1.165, 1.54) is 0 Å². The van der Waals surface area contributed by atoms with Gasteiger partial charge in [-0.3, -0.25) is 9.69 Å². The molecule has 23 heavy (non-hydrogen) atoms. The number of carbonyl (C=O) groups excluding carboxylic acids is 1. The minimum atomic E-state index is -0.349. The maximum Gasteiger partial charge on any atom is 0.239 e. The Morgan fingerprint density at radius 1 is 1.26 bits per heavy atom. The first-order chi connectivity index (χ1) is 10.5. The highest BCUT2D eigenvalue weighted by Gasteiger charge is 2.27. The van der Waals surface area contributed by atoms with E-state index < -0.39 is 0 Å². The molecule has 1 fully saturated rings. The monoisotopic (exact) mass is 359 g/mol. The summed E-state index contributed by atoms with van der Waals surface area (Å²) in [7, 11) is 0. The minimum absolute atomic E-state index is 0. The molecule has 1 aliphatic rings. The summed E-state index contributed by atoms with van der Waals surface area (Å²) in [5.41, 5.74) is 7.09. The van der Waals surface area contributed by atoms with Gasteiger partial charge in [0.2, 0.25) is 5.91 Å². The fraction of sp³-hybridized carbons (Fsp3) is 0.588. The number of amides is 1. The second kappa shape index (κ2) is 9.48. The standard InChI is InChI=1S/C17H26ClN3O.ClH/c1-3-6-16(19)17(22)21-11-9-20(10-12-21)13(2)14-7-4-5-8-15(14)18;/h4-5,7-8,13,16H,3,6,9-12,19H2,1-2H3;1H. The molecule has 0 saturated carbocycles. The van der Waals surface area contributed by atoms with E-state index in [9.17, 15) is 4.79 Å². The summed E-state index contributed by atoms with van der Waals surface area (Å²) in [6, 6.07) is 7.87. The van der Waals surface area contributed by atoms with Crippen molar-refractivity contribution >= 4 is 29.9 Å². The quantitative estimate of drug-likeness (QED) is 0.878. The first-order valence-corrected chi connectivity index (χ1v) is 8.45. The summed E-state index contributed by atoms with van der Waals surface area (Å²) in [5.74, 6) is 0.0897. The van der Waals surface area contributed by atoms with Crippen molar-refractivity contribution in [1.82, 2.24) is 9.80 Å². The third kappa shape index (κ3) is 5.08. The highest BCUT2D eigenvalue weighted by atomic mass is 35.5. The molecule has 1 heterocycles. The summed E-state index contributed by atoms with van der Waals surface area (Å²) in [5, 5.41) is 0.804. The molecule has 2 N–H and O–H groups in total. The van der Waals surface area contributed by atoms with Gasteiger partial charge >= 0.3 is 0 Å². The predicted molar refractivity (Wildman–Crippen MR) is 98.2 cm³/mol. The normalized spacial score (nSPS) is 18.2. The third-order valence-corrected chi connectivity index (χ3v) is 4.79. The Balaban J connectivity index is 0.00000264. The number of nitrogens with zero attached hydrogens (tertiary/aromatic N) is 2. The molecule has 0 aromatic heterocycles. The maximum absolute atomic E-state index is 12.2. The van der Waals surface area contributed by atoms with Gasteiger partial charge in [-0.2, -0.15) is 0 Å². The van der Waals surface area contributed by atoms with Gasteiger partial charge in [0, 0.05) is 37.2 Å². The molecule has 1 aromatic rings. The second-order valence-corrected chi connectivity index (χ2v) is 6.36. The molecule has 2 unspecified atom stereocenters. The number of hydrogen-bond acceptors (Lipinski definition) is 3. The van der Waals surface area contributed by atoms with Crippen LogP contribution in [0.3, 0.4) is 0 Å². The zero-order valence-electron chi connectivity index (χ0n) is 13.9. The number of halogens is 2. The van der Waals surface area contributed by atoms with Gasteiger partial charge in [-0.25, -0.2) is 0 Å². The van der Waals surface area contributed by atoms with Crippen molar-refractivity contribution in [3.63, 3.8) is 0 Å². The summed E-state index contributed by atoms with van der Waals surface area (Å²) in [4.78, 5) is 16.5. The lowest BCUT2D eigenvalue weighted by Crippen LogP contribution is -2.53. The Morgan fingerprint density at radius 2 is 1.87 bits per heavy atom. The summed E-state index contributed by atoms with van der Waals surface area (Å²) in [6.07, 6.45) is 1.70. The maximum atomic E-state index is 12.2. The van der Waals surface area contributed by atoms with Crippen LogP contribution in [0.5, 0.6) is 0 Å². The molecule has 0 bridgehead atoms. The Hall–Kier alpha value is -0.810. The van der Waals surface area contributed by atoms with Crippen LogP contribution in [0.4, 0.5) is 0 Å². The molecule has 0 radical (unpaired) electrons. The van der Waals surface area contributed by atoms with Crippen molar-refractivity contribution in [1.29, 1.82) is 0 Å². The van der Waals surface area contributed by atoms with Crippen LogP contribution in [0.1, 0.15) is 38.3 Å². The van der Waals surface area contributed by atoms with Gasteiger partial charge in [0.25, 0.3) is 0 Å². The van der Waals surface area contributed by atoms with Crippen LogP contribution >= 0.6 is 24.0 Å². The van der Waals surface area contributed by atoms with E-state index in [0.29, 0.717) is 0 Å². The van der Waals surface area contributed by atoms with E-state index >= 15 is 0 Å². The largest absolute Gasteiger partial charge is 0.339 e. The van der Waals surface area contributed by atoms with E-state index in [2.05, 4.69) is 24.8 Å². The van der Waals surface area contributed by atoms with Crippen LogP contribution in [-0.2, 0) is 4.79 Å². The SMILES string of the molecule is CCCC(N)C(=O)N1CCN(C(C)c2ccccc2Cl)CC1.Cl. The lowest BCUT2D eigenvalue weighted by Gasteiger charge is -2.39. The molecule has 1 aliphatic heterocycles. The van der Waals surface area contributed by atoms with E-state index in [0.717, 1.165) is 49.6 Å². The molecule has 130 valence electrons. The predicted octanol–water partition coefficient (Wildman–Crippen LogP) is 3.09. The average molecular weight is 360 g/mol.